The van der Waals surface area contributed by atoms with Crippen LogP contribution in [0, 0.1) is 5.92 Å². The smallest absolute Gasteiger partial charge is 0.317 e. The molecule has 3 heteroatoms. The van der Waals surface area contributed by atoms with Gasteiger partial charge >= 0.3 is 5.97 Å². The highest BCUT2D eigenvalue weighted by Gasteiger charge is 2.27. The number of carboxylic acid groups (broad SMARTS) is 1. The van der Waals surface area contributed by atoms with Gasteiger partial charge in [-0.05, 0) is 46.5 Å². The molecule has 0 spiro atoms. The molecule has 1 N–H and O–H groups in total. The van der Waals surface area contributed by atoms with Gasteiger partial charge in [0, 0.05) is 11.6 Å². The SMILES string of the molecule is CC(C)CCC(C)N(CC(=O)O)C(C)(C)C. The monoisotopic (exact) mass is 229 g/mol. The second-order valence-electron chi connectivity index (χ2n) is 6.01. The zero-order valence-corrected chi connectivity index (χ0v) is 11.6. The van der Waals surface area contributed by atoms with Gasteiger partial charge < -0.3 is 5.11 Å². The van der Waals surface area contributed by atoms with Crippen LogP contribution in [0.15, 0.2) is 0 Å². The first-order valence-corrected chi connectivity index (χ1v) is 6.13. The Labute approximate surface area is 99.8 Å². The predicted molar refractivity (Wildman–Crippen MR) is 67.6 cm³/mol. The maximum Gasteiger partial charge on any atom is 0.317 e. The molecule has 0 radical (unpaired) electrons. The van der Waals surface area contributed by atoms with Gasteiger partial charge in [0.2, 0.25) is 0 Å². The molecule has 0 heterocycles. The van der Waals surface area contributed by atoms with Gasteiger partial charge in [-0.25, -0.2) is 0 Å². The van der Waals surface area contributed by atoms with E-state index in [4.69, 9.17) is 5.11 Å². The first kappa shape index (κ1) is 15.4. The summed E-state index contributed by atoms with van der Waals surface area (Å²) in [5.41, 5.74) is -0.0885. The van der Waals surface area contributed by atoms with E-state index in [0.717, 1.165) is 12.8 Å². The van der Waals surface area contributed by atoms with Crippen molar-refractivity contribution in [2.45, 2.75) is 66.0 Å². The van der Waals surface area contributed by atoms with Crippen molar-refractivity contribution >= 4 is 5.97 Å². The van der Waals surface area contributed by atoms with Gasteiger partial charge in [-0.3, -0.25) is 9.69 Å². The van der Waals surface area contributed by atoms with Crippen molar-refractivity contribution in [3.8, 4) is 0 Å². The third-order valence-electron chi connectivity index (χ3n) is 2.86. The van der Waals surface area contributed by atoms with Crippen LogP contribution >= 0.6 is 0 Å². The number of rotatable bonds is 6. The Morgan fingerprint density at radius 2 is 1.69 bits per heavy atom. The maximum absolute atomic E-state index is 10.9. The molecule has 1 unspecified atom stereocenters. The lowest BCUT2D eigenvalue weighted by Gasteiger charge is -2.39. The van der Waals surface area contributed by atoms with Crippen LogP contribution in [0.25, 0.3) is 0 Å². The zero-order valence-electron chi connectivity index (χ0n) is 11.6. The van der Waals surface area contributed by atoms with Gasteiger partial charge in [-0.2, -0.15) is 0 Å². The zero-order chi connectivity index (χ0) is 12.9. The van der Waals surface area contributed by atoms with Gasteiger partial charge in [-0.1, -0.05) is 13.8 Å². The van der Waals surface area contributed by atoms with Crippen LogP contribution in [0.2, 0.25) is 0 Å². The molecule has 0 saturated heterocycles. The van der Waals surface area contributed by atoms with Crippen LogP contribution < -0.4 is 0 Å². The van der Waals surface area contributed by atoms with E-state index >= 15 is 0 Å². The Balaban J connectivity index is 4.44. The number of aliphatic carboxylic acids is 1. The van der Waals surface area contributed by atoms with Gasteiger partial charge in [0.1, 0.15) is 0 Å². The second kappa shape index (κ2) is 6.24. The van der Waals surface area contributed by atoms with Crippen LogP contribution in [0.5, 0.6) is 0 Å². The number of hydrogen-bond acceptors (Lipinski definition) is 2. The molecule has 0 aromatic rings. The summed E-state index contributed by atoms with van der Waals surface area (Å²) in [6, 6.07) is 0.318. The summed E-state index contributed by atoms with van der Waals surface area (Å²) >= 11 is 0. The first-order valence-electron chi connectivity index (χ1n) is 6.13. The van der Waals surface area contributed by atoms with E-state index in [1.54, 1.807) is 0 Å². The van der Waals surface area contributed by atoms with E-state index in [2.05, 4.69) is 46.4 Å². The summed E-state index contributed by atoms with van der Waals surface area (Å²) in [5, 5.41) is 8.93. The average Bonchev–Trinajstić information content (AvgIpc) is 2.08. The van der Waals surface area contributed by atoms with Crippen molar-refractivity contribution in [1.82, 2.24) is 4.90 Å². The fraction of sp³-hybridized carbons (Fsp3) is 0.923. The lowest BCUT2D eigenvalue weighted by Crippen LogP contribution is -2.49. The number of hydrogen-bond donors (Lipinski definition) is 1. The van der Waals surface area contributed by atoms with Gasteiger partial charge in [0.05, 0.1) is 6.54 Å². The number of nitrogens with zero attached hydrogens (tertiary/aromatic N) is 1. The minimum Gasteiger partial charge on any atom is -0.480 e. The molecule has 0 fully saturated rings. The predicted octanol–water partition coefficient (Wildman–Crippen LogP) is 3.00. The molecule has 0 amide bonds. The molecule has 3 nitrogen and oxygen atoms in total. The van der Waals surface area contributed by atoms with Crippen molar-refractivity contribution in [3.05, 3.63) is 0 Å². The minimum absolute atomic E-state index is 0.0885. The van der Waals surface area contributed by atoms with Crippen LogP contribution in [-0.4, -0.2) is 34.1 Å². The molecule has 0 saturated carbocycles. The van der Waals surface area contributed by atoms with Crippen LogP contribution in [0.4, 0.5) is 0 Å². The topological polar surface area (TPSA) is 40.5 Å². The Hall–Kier alpha value is -0.570. The highest BCUT2D eigenvalue weighted by atomic mass is 16.4. The molecular weight excluding hydrogens is 202 g/mol. The molecule has 0 aliphatic carbocycles. The molecule has 0 aromatic carbocycles. The summed E-state index contributed by atoms with van der Waals surface area (Å²) in [6.45, 7) is 12.9. The van der Waals surface area contributed by atoms with Crippen LogP contribution in [-0.2, 0) is 4.79 Å². The fourth-order valence-corrected chi connectivity index (χ4v) is 1.93. The van der Waals surface area contributed by atoms with Crippen molar-refractivity contribution in [3.63, 3.8) is 0 Å². The molecule has 1 atom stereocenters. The molecule has 0 aliphatic rings. The van der Waals surface area contributed by atoms with E-state index in [1.807, 2.05) is 0 Å². The summed E-state index contributed by atoms with van der Waals surface area (Å²) in [7, 11) is 0. The van der Waals surface area contributed by atoms with E-state index in [-0.39, 0.29) is 12.1 Å². The van der Waals surface area contributed by atoms with Crippen LogP contribution in [0.1, 0.15) is 54.4 Å². The van der Waals surface area contributed by atoms with E-state index in [0.29, 0.717) is 12.0 Å². The van der Waals surface area contributed by atoms with E-state index in [9.17, 15) is 4.79 Å². The summed E-state index contributed by atoms with van der Waals surface area (Å²) in [6.07, 6.45) is 2.20. The third-order valence-corrected chi connectivity index (χ3v) is 2.86. The van der Waals surface area contributed by atoms with Crippen molar-refractivity contribution in [1.29, 1.82) is 0 Å². The third kappa shape index (κ3) is 6.11. The highest BCUT2D eigenvalue weighted by Crippen LogP contribution is 2.20. The minimum atomic E-state index is -0.744. The first-order chi connectivity index (χ1) is 7.14. The second-order valence-corrected chi connectivity index (χ2v) is 6.01. The molecular formula is C13H27NO2. The van der Waals surface area contributed by atoms with Crippen molar-refractivity contribution in [2.75, 3.05) is 6.54 Å². The molecule has 0 aliphatic heterocycles. The molecule has 0 aromatic heterocycles. The standard InChI is InChI=1S/C13H27NO2/c1-10(2)7-8-11(3)14(9-12(15)16)13(4,5)6/h10-11H,7-9H2,1-6H3,(H,15,16). The number of carbonyl (C=O) groups is 1. The average molecular weight is 229 g/mol. The largest absolute Gasteiger partial charge is 0.480 e. The molecule has 0 bridgehead atoms. The quantitative estimate of drug-likeness (QED) is 0.761. The van der Waals surface area contributed by atoms with Gasteiger partial charge in [0.15, 0.2) is 0 Å². The molecule has 96 valence electrons. The highest BCUT2D eigenvalue weighted by molar-refractivity contribution is 5.69. The van der Waals surface area contributed by atoms with Gasteiger partial charge in [-0.15, -0.1) is 0 Å². The Kier molecular flexibility index (Phi) is 6.01. The maximum atomic E-state index is 10.9. The summed E-state index contributed by atoms with van der Waals surface area (Å²) < 4.78 is 0. The van der Waals surface area contributed by atoms with Crippen molar-refractivity contribution in [2.24, 2.45) is 5.92 Å². The molecule has 16 heavy (non-hydrogen) atoms. The Morgan fingerprint density at radius 1 is 1.19 bits per heavy atom. The lowest BCUT2D eigenvalue weighted by atomic mass is 9.98. The van der Waals surface area contributed by atoms with Crippen molar-refractivity contribution < 1.29 is 9.90 Å². The lowest BCUT2D eigenvalue weighted by molar-refractivity contribution is -0.140. The molecule has 0 rings (SSSR count). The number of carboxylic acids is 1. The Morgan fingerprint density at radius 3 is 2.00 bits per heavy atom. The Bertz CT molecular complexity index is 218. The van der Waals surface area contributed by atoms with E-state index < -0.39 is 5.97 Å². The van der Waals surface area contributed by atoms with Gasteiger partial charge in [0.25, 0.3) is 0 Å². The normalized spacial score (nSPS) is 14.5. The van der Waals surface area contributed by atoms with E-state index in [1.165, 1.54) is 0 Å². The van der Waals surface area contributed by atoms with Crippen LogP contribution in [0.3, 0.4) is 0 Å². The fourth-order valence-electron chi connectivity index (χ4n) is 1.93. The summed E-state index contributed by atoms with van der Waals surface area (Å²) in [5.74, 6) is -0.0691. The summed E-state index contributed by atoms with van der Waals surface area (Å²) in [4.78, 5) is 12.9.